The summed E-state index contributed by atoms with van der Waals surface area (Å²) in [4.78, 5) is 0. The first kappa shape index (κ1) is 15.7. The molecule has 0 fully saturated rings. The standard InChI is InChI=1S/C19H22NO3/c21-20-12-19(23-14-17-9-5-2-6-10-17)11-18(20)15-22-13-16-7-3-1-4-8-16/h1-10,12,18-19,21H,11,13-15H2/q+1. The van der Waals surface area contributed by atoms with Gasteiger partial charge in [-0.25, -0.2) is 0 Å². The Morgan fingerprint density at radius 2 is 1.52 bits per heavy atom. The van der Waals surface area contributed by atoms with Gasteiger partial charge in [0.25, 0.3) is 0 Å². The summed E-state index contributed by atoms with van der Waals surface area (Å²) in [6.45, 7) is 1.58. The normalized spacial score (nSPS) is 20.4. The van der Waals surface area contributed by atoms with E-state index in [4.69, 9.17) is 9.47 Å². The summed E-state index contributed by atoms with van der Waals surface area (Å²) in [5, 5.41) is 9.97. The van der Waals surface area contributed by atoms with Crippen molar-refractivity contribution in [3.63, 3.8) is 0 Å². The smallest absolute Gasteiger partial charge is 0.227 e. The van der Waals surface area contributed by atoms with Crippen molar-refractivity contribution >= 4 is 6.21 Å². The van der Waals surface area contributed by atoms with Crippen LogP contribution in [0.4, 0.5) is 0 Å². The van der Waals surface area contributed by atoms with Crippen LogP contribution in [0, 0.1) is 0 Å². The summed E-state index contributed by atoms with van der Waals surface area (Å²) in [7, 11) is 0. The maximum atomic E-state index is 9.97. The number of nitrogens with zero attached hydrogens (tertiary/aromatic N) is 1. The number of rotatable bonds is 7. The molecule has 0 spiro atoms. The van der Waals surface area contributed by atoms with Crippen LogP contribution in [0.2, 0.25) is 0 Å². The van der Waals surface area contributed by atoms with Crippen molar-refractivity contribution < 1.29 is 19.4 Å². The molecule has 1 heterocycles. The van der Waals surface area contributed by atoms with Gasteiger partial charge in [0.2, 0.25) is 12.3 Å². The minimum Gasteiger partial charge on any atom is -0.370 e. The highest BCUT2D eigenvalue weighted by Crippen LogP contribution is 2.14. The van der Waals surface area contributed by atoms with Crippen molar-refractivity contribution in [2.45, 2.75) is 31.8 Å². The molecule has 4 heteroatoms. The second-order valence-corrected chi connectivity index (χ2v) is 5.75. The average Bonchev–Trinajstić information content (AvgIpc) is 2.95. The molecule has 1 N–H and O–H groups in total. The first-order valence-electron chi connectivity index (χ1n) is 7.90. The number of hydroxylamine groups is 1. The first-order chi connectivity index (χ1) is 11.3. The van der Waals surface area contributed by atoms with Crippen LogP contribution in [0.25, 0.3) is 0 Å². The zero-order chi connectivity index (χ0) is 15.9. The lowest BCUT2D eigenvalue weighted by Crippen LogP contribution is -2.24. The molecule has 23 heavy (non-hydrogen) atoms. The highest BCUT2D eigenvalue weighted by molar-refractivity contribution is 5.59. The Balaban J connectivity index is 1.41. The number of ether oxygens (including phenoxy) is 2. The fourth-order valence-corrected chi connectivity index (χ4v) is 2.65. The van der Waals surface area contributed by atoms with Gasteiger partial charge in [0, 0.05) is 0 Å². The van der Waals surface area contributed by atoms with Crippen LogP contribution in [0.1, 0.15) is 17.5 Å². The van der Waals surface area contributed by atoms with E-state index < -0.39 is 0 Å². The van der Waals surface area contributed by atoms with E-state index in [0.29, 0.717) is 19.8 Å². The molecule has 2 aromatic rings. The molecular weight excluding hydrogens is 290 g/mol. The van der Waals surface area contributed by atoms with Gasteiger partial charge in [0.15, 0.2) is 0 Å². The Hall–Kier alpha value is -2.17. The first-order valence-corrected chi connectivity index (χ1v) is 7.90. The monoisotopic (exact) mass is 312 g/mol. The Labute approximate surface area is 136 Å². The SMILES string of the molecule is O[N+]1=CC(OCc2ccccc2)CC1COCc1ccccc1. The van der Waals surface area contributed by atoms with Crippen molar-refractivity contribution in [3.05, 3.63) is 71.8 Å². The van der Waals surface area contributed by atoms with Crippen LogP contribution in [-0.2, 0) is 22.7 Å². The number of benzene rings is 2. The molecule has 2 aromatic carbocycles. The third-order valence-electron chi connectivity index (χ3n) is 3.93. The lowest BCUT2D eigenvalue weighted by atomic mass is 10.2. The van der Waals surface area contributed by atoms with Gasteiger partial charge in [-0.3, -0.25) is 5.21 Å². The van der Waals surface area contributed by atoms with E-state index >= 15 is 0 Å². The van der Waals surface area contributed by atoms with Crippen molar-refractivity contribution in [2.75, 3.05) is 6.61 Å². The zero-order valence-electron chi connectivity index (χ0n) is 13.0. The summed E-state index contributed by atoms with van der Waals surface area (Å²) in [6.07, 6.45) is 2.38. The molecule has 2 atom stereocenters. The maximum absolute atomic E-state index is 9.97. The second-order valence-electron chi connectivity index (χ2n) is 5.75. The summed E-state index contributed by atoms with van der Waals surface area (Å²) in [5.74, 6) is 0. The van der Waals surface area contributed by atoms with E-state index in [2.05, 4.69) is 0 Å². The molecule has 1 aliphatic rings. The maximum Gasteiger partial charge on any atom is 0.227 e. The average molecular weight is 312 g/mol. The lowest BCUT2D eigenvalue weighted by molar-refractivity contribution is -0.792. The fraction of sp³-hybridized carbons (Fsp3) is 0.316. The lowest BCUT2D eigenvalue weighted by Gasteiger charge is -2.09. The van der Waals surface area contributed by atoms with Gasteiger partial charge in [-0.1, -0.05) is 60.7 Å². The third-order valence-corrected chi connectivity index (χ3v) is 3.93. The summed E-state index contributed by atoms with van der Waals surface area (Å²) >= 11 is 0. The van der Waals surface area contributed by atoms with E-state index in [1.165, 1.54) is 4.74 Å². The summed E-state index contributed by atoms with van der Waals surface area (Å²) in [5.41, 5.74) is 2.27. The van der Waals surface area contributed by atoms with E-state index in [1.54, 1.807) is 6.21 Å². The van der Waals surface area contributed by atoms with Crippen molar-refractivity contribution in [3.8, 4) is 0 Å². The van der Waals surface area contributed by atoms with Crippen molar-refractivity contribution in [2.24, 2.45) is 0 Å². The fourth-order valence-electron chi connectivity index (χ4n) is 2.65. The molecule has 0 aromatic heterocycles. The molecule has 0 saturated carbocycles. The number of hydrogen-bond acceptors (Lipinski definition) is 3. The molecule has 0 saturated heterocycles. The number of hydrogen-bond donors (Lipinski definition) is 1. The molecule has 0 bridgehead atoms. The zero-order valence-corrected chi connectivity index (χ0v) is 13.0. The van der Waals surface area contributed by atoms with Crippen LogP contribution in [0.3, 0.4) is 0 Å². The minimum absolute atomic E-state index is 0.0560. The Morgan fingerprint density at radius 1 is 0.913 bits per heavy atom. The Bertz CT molecular complexity index is 628. The van der Waals surface area contributed by atoms with E-state index in [0.717, 1.165) is 17.5 Å². The largest absolute Gasteiger partial charge is 0.370 e. The predicted molar refractivity (Wildman–Crippen MR) is 87.6 cm³/mol. The van der Waals surface area contributed by atoms with Gasteiger partial charge in [-0.15, -0.1) is 0 Å². The molecule has 0 radical (unpaired) electrons. The minimum atomic E-state index is -0.0782. The van der Waals surface area contributed by atoms with E-state index in [9.17, 15) is 5.21 Å². The van der Waals surface area contributed by atoms with E-state index in [1.807, 2.05) is 60.7 Å². The van der Waals surface area contributed by atoms with Gasteiger partial charge < -0.3 is 9.47 Å². The summed E-state index contributed by atoms with van der Waals surface area (Å²) < 4.78 is 12.8. The van der Waals surface area contributed by atoms with Crippen LogP contribution in [0.15, 0.2) is 60.7 Å². The van der Waals surface area contributed by atoms with Crippen LogP contribution in [0.5, 0.6) is 0 Å². The van der Waals surface area contributed by atoms with Gasteiger partial charge in [-0.2, -0.15) is 0 Å². The van der Waals surface area contributed by atoms with Crippen LogP contribution in [-0.4, -0.2) is 34.9 Å². The topological polar surface area (TPSA) is 41.7 Å². The van der Waals surface area contributed by atoms with Crippen LogP contribution < -0.4 is 0 Å². The Kier molecular flexibility index (Phi) is 5.40. The van der Waals surface area contributed by atoms with Gasteiger partial charge in [-0.05, 0) is 15.9 Å². The van der Waals surface area contributed by atoms with E-state index in [-0.39, 0.29) is 12.1 Å². The third kappa shape index (κ3) is 4.65. The molecule has 0 amide bonds. The van der Waals surface area contributed by atoms with Gasteiger partial charge in [0.1, 0.15) is 12.7 Å². The molecule has 4 nitrogen and oxygen atoms in total. The quantitative estimate of drug-likeness (QED) is 0.631. The predicted octanol–water partition coefficient (Wildman–Crippen LogP) is 3.03. The van der Waals surface area contributed by atoms with Crippen LogP contribution >= 0.6 is 0 Å². The molecular formula is C19H22NO3+. The highest BCUT2D eigenvalue weighted by Gasteiger charge is 2.35. The molecule has 120 valence electrons. The van der Waals surface area contributed by atoms with Crippen molar-refractivity contribution in [1.29, 1.82) is 0 Å². The molecule has 3 rings (SSSR count). The second kappa shape index (κ2) is 7.90. The van der Waals surface area contributed by atoms with Crippen molar-refractivity contribution in [1.82, 2.24) is 0 Å². The summed E-state index contributed by atoms with van der Waals surface area (Å²) in [6, 6.07) is 20.0. The Morgan fingerprint density at radius 3 is 2.17 bits per heavy atom. The van der Waals surface area contributed by atoms with Gasteiger partial charge >= 0.3 is 0 Å². The molecule has 0 aliphatic carbocycles. The van der Waals surface area contributed by atoms with Gasteiger partial charge in [0.05, 0.1) is 19.6 Å². The highest BCUT2D eigenvalue weighted by atomic mass is 16.5. The molecule has 2 unspecified atom stereocenters. The molecule has 1 aliphatic heterocycles.